The minimum atomic E-state index is -4.05. The van der Waals surface area contributed by atoms with Gasteiger partial charge in [-0.2, -0.15) is 0 Å². The minimum absolute atomic E-state index is 0.0176. The third-order valence-corrected chi connectivity index (χ3v) is 7.77. The van der Waals surface area contributed by atoms with Crippen LogP contribution in [0.4, 0.5) is 5.69 Å². The number of rotatable bonds is 9. The van der Waals surface area contributed by atoms with Gasteiger partial charge < -0.3 is 9.47 Å². The van der Waals surface area contributed by atoms with Gasteiger partial charge in [-0.3, -0.25) is 9.21 Å². The van der Waals surface area contributed by atoms with Gasteiger partial charge in [-0.05, 0) is 35.9 Å². The molecule has 0 saturated carbocycles. The molecule has 1 heterocycles. The normalized spacial score (nSPS) is 14.4. The van der Waals surface area contributed by atoms with Crippen molar-refractivity contribution in [2.75, 3.05) is 43.8 Å². The van der Waals surface area contributed by atoms with E-state index in [4.69, 9.17) is 21.1 Å². The van der Waals surface area contributed by atoms with Crippen molar-refractivity contribution in [1.82, 2.24) is 4.90 Å². The van der Waals surface area contributed by atoms with Gasteiger partial charge in [-0.1, -0.05) is 60.1 Å². The Kier molecular flexibility index (Phi) is 8.41. The molecule has 0 amide bonds. The lowest BCUT2D eigenvalue weighted by Gasteiger charge is -2.26. The highest BCUT2D eigenvalue weighted by Gasteiger charge is 2.28. The third-order valence-electron chi connectivity index (χ3n) is 5.69. The number of sulfonamides is 1. The van der Waals surface area contributed by atoms with Crippen LogP contribution in [0.2, 0.25) is 5.02 Å². The average molecular weight is 515 g/mol. The monoisotopic (exact) mass is 514 g/mol. The third kappa shape index (κ3) is 6.41. The summed E-state index contributed by atoms with van der Waals surface area (Å²) in [6.45, 7) is 3.83. The zero-order valence-electron chi connectivity index (χ0n) is 19.2. The first-order chi connectivity index (χ1) is 16.9. The van der Waals surface area contributed by atoms with E-state index < -0.39 is 16.0 Å². The summed E-state index contributed by atoms with van der Waals surface area (Å²) in [5.74, 6) is -0.567. The molecule has 0 aromatic heterocycles. The highest BCUT2D eigenvalue weighted by molar-refractivity contribution is 7.92. The van der Waals surface area contributed by atoms with Crippen molar-refractivity contribution >= 4 is 33.3 Å². The molecule has 0 unspecified atom stereocenters. The van der Waals surface area contributed by atoms with Crippen molar-refractivity contribution < 1.29 is 22.7 Å². The summed E-state index contributed by atoms with van der Waals surface area (Å²) in [5.41, 5.74) is 1.33. The Morgan fingerprint density at radius 2 is 1.69 bits per heavy atom. The van der Waals surface area contributed by atoms with Crippen LogP contribution >= 0.6 is 11.6 Å². The van der Waals surface area contributed by atoms with Crippen LogP contribution in [0.15, 0.2) is 83.8 Å². The summed E-state index contributed by atoms with van der Waals surface area (Å²) in [5, 5.41) is 0.311. The Labute approximate surface area is 210 Å². The van der Waals surface area contributed by atoms with Gasteiger partial charge in [0.2, 0.25) is 0 Å². The fourth-order valence-corrected chi connectivity index (χ4v) is 5.60. The van der Waals surface area contributed by atoms with Gasteiger partial charge >= 0.3 is 5.97 Å². The van der Waals surface area contributed by atoms with Crippen molar-refractivity contribution in [3.8, 4) is 0 Å². The van der Waals surface area contributed by atoms with Crippen LogP contribution in [-0.4, -0.2) is 58.7 Å². The van der Waals surface area contributed by atoms with Crippen molar-refractivity contribution in [2.45, 2.75) is 11.4 Å². The van der Waals surface area contributed by atoms with Crippen molar-refractivity contribution in [3.05, 3.63) is 95.0 Å². The Bertz CT molecular complexity index is 1250. The van der Waals surface area contributed by atoms with E-state index in [1.807, 2.05) is 30.3 Å². The van der Waals surface area contributed by atoms with E-state index in [0.29, 0.717) is 30.5 Å². The lowest BCUT2D eigenvalue weighted by molar-refractivity contribution is 0.0195. The number of halogens is 1. The number of benzene rings is 3. The topological polar surface area (TPSA) is 76.1 Å². The molecule has 1 aliphatic heterocycles. The van der Waals surface area contributed by atoms with Crippen LogP contribution in [0.5, 0.6) is 0 Å². The molecular weight excluding hydrogens is 488 g/mol. The summed E-state index contributed by atoms with van der Waals surface area (Å²) >= 11 is 6.39. The molecule has 4 rings (SSSR count). The number of esters is 1. The number of morpholine rings is 1. The first-order valence-electron chi connectivity index (χ1n) is 11.3. The number of ether oxygens (including phenoxy) is 2. The van der Waals surface area contributed by atoms with E-state index in [9.17, 15) is 13.2 Å². The van der Waals surface area contributed by atoms with E-state index in [1.54, 1.807) is 36.4 Å². The largest absolute Gasteiger partial charge is 0.461 e. The summed E-state index contributed by atoms with van der Waals surface area (Å²) < 4.78 is 39.5. The minimum Gasteiger partial charge on any atom is -0.461 e. The van der Waals surface area contributed by atoms with E-state index in [-0.39, 0.29) is 23.6 Å². The SMILES string of the molecule is O=C(OCCN1CCOCC1)c1cccc(S(=O)(=O)N(Cc2ccccc2)c2ccccc2Cl)c1. The molecule has 0 spiro atoms. The molecule has 35 heavy (non-hydrogen) atoms. The fourth-order valence-electron chi connectivity index (χ4n) is 3.79. The second-order valence-electron chi connectivity index (χ2n) is 8.07. The Balaban J connectivity index is 1.56. The molecule has 3 aromatic rings. The maximum atomic E-state index is 13.8. The van der Waals surface area contributed by atoms with Gasteiger partial charge in [0.05, 0.1) is 40.9 Å². The zero-order valence-corrected chi connectivity index (χ0v) is 20.7. The molecule has 0 bridgehead atoms. The van der Waals surface area contributed by atoms with Crippen LogP contribution in [-0.2, 0) is 26.0 Å². The van der Waals surface area contributed by atoms with Gasteiger partial charge in [-0.15, -0.1) is 0 Å². The molecule has 1 fully saturated rings. The molecule has 9 heteroatoms. The fraction of sp³-hybridized carbons (Fsp3) is 0.269. The van der Waals surface area contributed by atoms with E-state index in [2.05, 4.69) is 4.90 Å². The molecule has 0 N–H and O–H groups in total. The Hall–Kier alpha value is -2.91. The van der Waals surface area contributed by atoms with Crippen LogP contribution in [0.3, 0.4) is 0 Å². The Morgan fingerprint density at radius 3 is 2.43 bits per heavy atom. The first kappa shape index (κ1) is 25.2. The number of anilines is 1. The van der Waals surface area contributed by atoms with Gasteiger partial charge in [-0.25, -0.2) is 13.2 Å². The summed E-state index contributed by atoms with van der Waals surface area (Å²) in [7, 11) is -4.05. The maximum absolute atomic E-state index is 13.8. The average Bonchev–Trinajstić information content (AvgIpc) is 2.89. The van der Waals surface area contributed by atoms with Gasteiger partial charge in [0.25, 0.3) is 10.0 Å². The molecule has 0 radical (unpaired) electrons. The maximum Gasteiger partial charge on any atom is 0.338 e. The molecule has 1 aliphatic rings. The number of hydrogen-bond donors (Lipinski definition) is 0. The second kappa shape index (κ2) is 11.7. The number of nitrogens with zero attached hydrogens (tertiary/aromatic N) is 2. The number of carbonyl (C=O) groups is 1. The lowest BCUT2D eigenvalue weighted by Crippen LogP contribution is -2.38. The van der Waals surface area contributed by atoms with Crippen LogP contribution in [0.25, 0.3) is 0 Å². The summed E-state index contributed by atoms with van der Waals surface area (Å²) in [4.78, 5) is 14.8. The number of hydrogen-bond acceptors (Lipinski definition) is 6. The van der Waals surface area contributed by atoms with E-state index in [0.717, 1.165) is 18.7 Å². The van der Waals surface area contributed by atoms with Crippen molar-refractivity contribution in [3.63, 3.8) is 0 Å². The van der Waals surface area contributed by atoms with Gasteiger partial charge in [0.15, 0.2) is 0 Å². The highest BCUT2D eigenvalue weighted by atomic mass is 35.5. The van der Waals surface area contributed by atoms with E-state index in [1.165, 1.54) is 16.4 Å². The van der Waals surface area contributed by atoms with E-state index >= 15 is 0 Å². The molecule has 184 valence electrons. The molecule has 0 atom stereocenters. The smallest absolute Gasteiger partial charge is 0.338 e. The van der Waals surface area contributed by atoms with Crippen molar-refractivity contribution in [1.29, 1.82) is 0 Å². The molecule has 7 nitrogen and oxygen atoms in total. The zero-order chi connectivity index (χ0) is 24.7. The van der Waals surface area contributed by atoms with Crippen LogP contribution < -0.4 is 4.31 Å². The highest BCUT2D eigenvalue weighted by Crippen LogP contribution is 2.32. The summed E-state index contributed by atoms with van der Waals surface area (Å²) in [6.07, 6.45) is 0. The molecular formula is C26H27ClN2O5S. The lowest BCUT2D eigenvalue weighted by atomic mass is 10.2. The molecule has 3 aromatic carbocycles. The van der Waals surface area contributed by atoms with Crippen molar-refractivity contribution in [2.24, 2.45) is 0 Å². The Morgan fingerprint density at radius 1 is 0.971 bits per heavy atom. The standard InChI is InChI=1S/C26H27ClN2O5S/c27-24-11-4-5-12-25(24)29(20-21-7-2-1-3-8-21)35(31,32)23-10-6-9-22(19-23)26(30)34-18-15-28-13-16-33-17-14-28/h1-12,19H,13-18,20H2. The molecule has 0 aliphatic carbocycles. The second-order valence-corrected chi connectivity index (χ2v) is 10.3. The first-order valence-corrected chi connectivity index (χ1v) is 13.2. The molecule has 1 saturated heterocycles. The summed E-state index contributed by atoms with van der Waals surface area (Å²) in [6, 6.07) is 21.9. The quantitative estimate of drug-likeness (QED) is 0.398. The predicted octanol–water partition coefficient (Wildman–Crippen LogP) is 4.22. The number of para-hydroxylation sites is 1. The van der Waals surface area contributed by atoms with Crippen LogP contribution in [0, 0.1) is 0 Å². The van der Waals surface area contributed by atoms with Gasteiger partial charge in [0, 0.05) is 19.6 Å². The van der Waals surface area contributed by atoms with Gasteiger partial charge in [0.1, 0.15) is 6.61 Å². The van der Waals surface area contributed by atoms with Crippen LogP contribution in [0.1, 0.15) is 15.9 Å². The number of carbonyl (C=O) groups excluding carboxylic acids is 1. The predicted molar refractivity (Wildman–Crippen MR) is 135 cm³/mol.